The average molecular weight is 576 g/mol. The molecule has 3 saturated carbocycles. The molecule has 0 spiro atoms. The van der Waals surface area contributed by atoms with E-state index in [4.69, 9.17) is 4.74 Å². The van der Waals surface area contributed by atoms with Gasteiger partial charge < -0.3 is 9.84 Å². The largest absolute Gasteiger partial charge is 0.449 e. The Morgan fingerprint density at radius 1 is 1.18 bits per heavy atom. The van der Waals surface area contributed by atoms with Crippen LogP contribution in [-0.2, 0) is 19.1 Å². The number of thiol groups is 1. The number of rotatable bonds is 3. The summed E-state index contributed by atoms with van der Waals surface area (Å²) in [6.45, 7) is 10.6. The Labute approximate surface area is 240 Å². The Bertz CT molecular complexity index is 1270. The second kappa shape index (κ2) is 10.5. The monoisotopic (exact) mass is 575 g/mol. The van der Waals surface area contributed by atoms with Gasteiger partial charge in [-0.2, -0.15) is 0 Å². The molecule has 1 heterocycles. The number of aliphatic hydroxyl groups is 1. The zero-order valence-electron chi connectivity index (χ0n) is 23.9. The van der Waals surface area contributed by atoms with Crippen molar-refractivity contribution in [2.75, 3.05) is 0 Å². The van der Waals surface area contributed by atoms with E-state index < -0.39 is 69.0 Å². The van der Waals surface area contributed by atoms with E-state index in [2.05, 4.69) is 17.6 Å². The number of carbonyl (C=O) groups is 3. The van der Waals surface area contributed by atoms with Crippen LogP contribution in [0.5, 0.6) is 0 Å². The minimum Gasteiger partial charge on any atom is -0.449 e. The standard InChI is InChI=1S/C24H30F2O5S.C7H9N/c1-5-19(29)31-24(20(30)32)12(2)8-14-15-10-17(25)16-9-13(27)6-7-21(16,3)23(15,26)18(28)11-22(14,24)4;1-6-4-3-5-7(2)8-6/h6-7,9,12,14-15,17-18,28H,5,8,10-11H2,1-4H3,(H,30,32);3-5H,1-2H3/t12-,14+,15+,17+,18+,21+,22+,23+,24+;/m1./s1. The predicted molar refractivity (Wildman–Crippen MR) is 150 cm³/mol. The van der Waals surface area contributed by atoms with Crippen LogP contribution >= 0.6 is 12.6 Å². The minimum atomic E-state index is -2.24. The number of aliphatic hydroxyl groups excluding tert-OH is 1. The van der Waals surface area contributed by atoms with Gasteiger partial charge in [0, 0.05) is 40.5 Å². The molecule has 5 rings (SSSR count). The second-order valence-corrected chi connectivity index (χ2v) is 12.7. The molecule has 40 heavy (non-hydrogen) atoms. The first-order valence-electron chi connectivity index (χ1n) is 13.9. The summed E-state index contributed by atoms with van der Waals surface area (Å²) in [6.07, 6.45) is 0.619. The zero-order chi connectivity index (χ0) is 29.8. The van der Waals surface area contributed by atoms with Crippen molar-refractivity contribution in [3.63, 3.8) is 0 Å². The fourth-order valence-electron chi connectivity index (χ4n) is 8.17. The third kappa shape index (κ3) is 4.30. The highest BCUT2D eigenvalue weighted by molar-refractivity contribution is 7.96. The van der Waals surface area contributed by atoms with Gasteiger partial charge in [0.2, 0.25) is 5.12 Å². The van der Waals surface area contributed by atoms with E-state index in [0.717, 1.165) is 17.5 Å². The summed E-state index contributed by atoms with van der Waals surface area (Å²) >= 11 is 4.09. The van der Waals surface area contributed by atoms with Gasteiger partial charge in [-0.25, -0.2) is 8.78 Å². The lowest BCUT2D eigenvalue weighted by Crippen LogP contribution is -2.70. The van der Waals surface area contributed by atoms with Crippen molar-refractivity contribution >= 4 is 29.5 Å². The molecule has 0 saturated heterocycles. The summed E-state index contributed by atoms with van der Waals surface area (Å²) in [6, 6.07) is 6.00. The SMILES string of the molecule is CCC(=O)O[C@]1(C(=O)S)[C@H](C)C[C@H]2[C@@H]3C[C@H](F)C4=CC(=O)C=C[C@]4(C)[C@@]3(F)[C@@H](O)C[C@@]21C.Cc1cccc(C)n1. The molecule has 1 aromatic rings. The summed E-state index contributed by atoms with van der Waals surface area (Å²) in [5, 5.41) is 10.7. The van der Waals surface area contributed by atoms with Crippen LogP contribution in [0.2, 0.25) is 0 Å². The number of allylic oxidation sites excluding steroid dienone is 4. The summed E-state index contributed by atoms with van der Waals surface area (Å²) in [4.78, 5) is 41.3. The van der Waals surface area contributed by atoms with Crippen LogP contribution in [0.3, 0.4) is 0 Å². The predicted octanol–water partition coefficient (Wildman–Crippen LogP) is 5.40. The van der Waals surface area contributed by atoms with Gasteiger partial charge in [-0.15, -0.1) is 12.6 Å². The summed E-state index contributed by atoms with van der Waals surface area (Å²) in [5.41, 5.74) is -4.28. The number of hydrogen-bond acceptors (Lipinski definition) is 6. The fourth-order valence-corrected chi connectivity index (χ4v) is 8.69. The van der Waals surface area contributed by atoms with Crippen LogP contribution in [0.15, 0.2) is 42.0 Å². The Morgan fingerprint density at radius 2 is 1.80 bits per heavy atom. The van der Waals surface area contributed by atoms with Crippen molar-refractivity contribution < 1.29 is 33.0 Å². The molecule has 9 atom stereocenters. The number of aromatic nitrogens is 1. The number of ketones is 1. The first-order valence-corrected chi connectivity index (χ1v) is 14.3. The van der Waals surface area contributed by atoms with Crippen molar-refractivity contribution in [2.24, 2.45) is 28.6 Å². The minimum absolute atomic E-state index is 0.0476. The smallest absolute Gasteiger partial charge is 0.306 e. The number of carbonyl (C=O) groups excluding carboxylic acids is 3. The quantitative estimate of drug-likeness (QED) is 0.371. The molecular formula is C31H39F2NO5S. The van der Waals surface area contributed by atoms with Crippen LogP contribution < -0.4 is 0 Å². The lowest BCUT2D eigenvalue weighted by molar-refractivity contribution is -0.228. The van der Waals surface area contributed by atoms with Gasteiger partial charge >= 0.3 is 5.97 Å². The number of hydrogen-bond donors (Lipinski definition) is 2. The maximum absolute atomic E-state index is 17.1. The Morgan fingerprint density at radius 3 is 2.33 bits per heavy atom. The normalized spacial score (nSPS) is 41.5. The number of nitrogens with zero attached hydrogens (tertiary/aromatic N) is 1. The van der Waals surface area contributed by atoms with Crippen molar-refractivity contribution in [1.82, 2.24) is 4.98 Å². The number of ether oxygens (including phenoxy) is 1. The molecule has 9 heteroatoms. The summed E-state index contributed by atoms with van der Waals surface area (Å²) < 4.78 is 38.3. The van der Waals surface area contributed by atoms with E-state index in [0.29, 0.717) is 6.42 Å². The third-order valence-corrected chi connectivity index (χ3v) is 10.4. The maximum Gasteiger partial charge on any atom is 0.306 e. The summed E-state index contributed by atoms with van der Waals surface area (Å²) in [7, 11) is 0. The first-order chi connectivity index (χ1) is 18.6. The highest BCUT2D eigenvalue weighted by atomic mass is 32.1. The molecule has 0 aliphatic heterocycles. The van der Waals surface area contributed by atoms with Crippen molar-refractivity contribution in [3.8, 4) is 0 Å². The molecule has 0 radical (unpaired) electrons. The molecule has 218 valence electrons. The molecule has 0 unspecified atom stereocenters. The van der Waals surface area contributed by atoms with Crippen molar-refractivity contribution in [2.45, 2.75) is 90.8 Å². The van der Waals surface area contributed by atoms with E-state index in [1.807, 2.05) is 32.0 Å². The summed E-state index contributed by atoms with van der Waals surface area (Å²) in [5.74, 6) is -2.94. The van der Waals surface area contributed by atoms with Crippen molar-refractivity contribution in [3.05, 3.63) is 53.4 Å². The number of halogens is 2. The van der Waals surface area contributed by atoms with E-state index in [1.54, 1.807) is 20.8 Å². The van der Waals surface area contributed by atoms with Gasteiger partial charge in [-0.05, 0) is 75.8 Å². The molecule has 6 nitrogen and oxygen atoms in total. The Balaban J connectivity index is 0.000000398. The molecule has 0 amide bonds. The Hall–Kier alpha value is -2.39. The lowest BCUT2D eigenvalue weighted by Gasteiger charge is -2.63. The molecule has 1 N–H and O–H groups in total. The van der Waals surface area contributed by atoms with E-state index in [-0.39, 0.29) is 24.8 Å². The fraction of sp³-hybridized carbons (Fsp3) is 0.613. The first kappa shape index (κ1) is 30.6. The second-order valence-electron chi connectivity index (χ2n) is 12.3. The molecule has 1 aromatic heterocycles. The van der Waals surface area contributed by atoms with Gasteiger partial charge in [-0.1, -0.05) is 32.9 Å². The number of aryl methyl sites for hydroxylation is 2. The lowest BCUT2D eigenvalue weighted by atomic mass is 9.44. The number of pyridine rings is 1. The van der Waals surface area contributed by atoms with E-state index in [9.17, 15) is 19.5 Å². The molecule has 3 fully saturated rings. The van der Waals surface area contributed by atoms with Gasteiger partial charge in [0.15, 0.2) is 17.1 Å². The van der Waals surface area contributed by atoms with Gasteiger partial charge in [-0.3, -0.25) is 19.4 Å². The van der Waals surface area contributed by atoms with Crippen LogP contribution in [-0.4, -0.2) is 50.5 Å². The Kier molecular flexibility index (Phi) is 8.00. The van der Waals surface area contributed by atoms with Crippen LogP contribution in [0.25, 0.3) is 0 Å². The van der Waals surface area contributed by atoms with E-state index >= 15 is 8.78 Å². The number of alkyl halides is 2. The topological polar surface area (TPSA) is 93.6 Å². The van der Waals surface area contributed by atoms with Crippen LogP contribution in [0, 0.1) is 42.4 Å². The molecule has 0 aromatic carbocycles. The highest BCUT2D eigenvalue weighted by Gasteiger charge is 2.77. The zero-order valence-corrected chi connectivity index (χ0v) is 24.8. The van der Waals surface area contributed by atoms with Gasteiger partial charge in [0.25, 0.3) is 0 Å². The maximum atomic E-state index is 17.1. The van der Waals surface area contributed by atoms with Crippen LogP contribution in [0.4, 0.5) is 8.78 Å². The van der Waals surface area contributed by atoms with Gasteiger partial charge in [0.05, 0.1) is 6.10 Å². The van der Waals surface area contributed by atoms with Crippen molar-refractivity contribution in [1.29, 1.82) is 0 Å². The molecule has 4 aliphatic carbocycles. The number of esters is 1. The average Bonchev–Trinajstić information content (AvgIpc) is 3.09. The molecule has 0 bridgehead atoms. The van der Waals surface area contributed by atoms with E-state index in [1.165, 1.54) is 19.1 Å². The van der Waals surface area contributed by atoms with Gasteiger partial charge in [0.1, 0.15) is 6.17 Å². The molecular weight excluding hydrogens is 536 g/mol. The third-order valence-electron chi connectivity index (χ3n) is 10.1. The molecule has 4 aliphatic rings. The highest BCUT2D eigenvalue weighted by Crippen LogP contribution is 2.71. The van der Waals surface area contributed by atoms with Crippen LogP contribution in [0.1, 0.15) is 64.8 Å². The number of fused-ring (bicyclic) bond motifs is 5.